The summed E-state index contributed by atoms with van der Waals surface area (Å²) in [4.78, 5) is 4.17. The molecule has 0 aliphatic carbocycles. The lowest BCUT2D eigenvalue weighted by molar-refractivity contribution is -0.138. The molecule has 120 valence electrons. The normalized spacial score (nSPS) is 11.7. The summed E-state index contributed by atoms with van der Waals surface area (Å²) in [5, 5.41) is 2.78. The van der Waals surface area contributed by atoms with Gasteiger partial charge in [0.25, 0.3) is 6.01 Å². The predicted molar refractivity (Wildman–Crippen MR) is 79.3 cm³/mol. The third-order valence-corrected chi connectivity index (χ3v) is 3.35. The first-order valence-electron chi connectivity index (χ1n) is 6.81. The zero-order valence-electron chi connectivity index (χ0n) is 12.1. The van der Waals surface area contributed by atoms with E-state index in [1.165, 1.54) is 19.2 Å². The fraction of sp³-hybridized carbons (Fsp3) is 0.188. The minimum atomic E-state index is -4.47. The number of para-hydroxylation sites is 2. The molecule has 1 aromatic heterocycles. The van der Waals surface area contributed by atoms with Crippen LogP contribution in [0.3, 0.4) is 0 Å². The molecule has 0 fully saturated rings. The number of hydrogen-bond acceptors (Lipinski definition) is 4. The van der Waals surface area contributed by atoms with Crippen molar-refractivity contribution in [2.75, 3.05) is 12.4 Å². The topological polar surface area (TPSA) is 47.3 Å². The summed E-state index contributed by atoms with van der Waals surface area (Å²) >= 11 is 0. The number of aromatic nitrogens is 1. The van der Waals surface area contributed by atoms with Crippen LogP contribution in [0.1, 0.15) is 11.1 Å². The molecular weight excluding hydrogens is 309 g/mol. The zero-order chi connectivity index (χ0) is 16.4. The van der Waals surface area contributed by atoms with Gasteiger partial charge >= 0.3 is 6.18 Å². The summed E-state index contributed by atoms with van der Waals surface area (Å²) in [6.07, 6.45) is -4.47. The van der Waals surface area contributed by atoms with Gasteiger partial charge in [0, 0.05) is 6.54 Å². The van der Waals surface area contributed by atoms with Gasteiger partial charge in [-0.3, -0.25) is 0 Å². The van der Waals surface area contributed by atoms with Crippen LogP contribution in [0.2, 0.25) is 0 Å². The van der Waals surface area contributed by atoms with Gasteiger partial charge in [-0.2, -0.15) is 18.2 Å². The first-order chi connectivity index (χ1) is 11.0. The molecule has 0 aliphatic rings. The predicted octanol–water partition coefficient (Wildman–Crippen LogP) is 4.47. The van der Waals surface area contributed by atoms with E-state index in [0.717, 1.165) is 6.07 Å². The Morgan fingerprint density at radius 2 is 1.96 bits per heavy atom. The summed E-state index contributed by atoms with van der Waals surface area (Å²) in [6.45, 7) is -0.0638. The molecule has 1 N–H and O–H groups in total. The smallest absolute Gasteiger partial charge is 0.416 e. The van der Waals surface area contributed by atoms with Gasteiger partial charge in [-0.1, -0.05) is 18.2 Å². The lowest BCUT2D eigenvalue weighted by Gasteiger charge is -2.14. The number of ether oxygens (including phenoxy) is 1. The van der Waals surface area contributed by atoms with E-state index in [9.17, 15) is 13.2 Å². The Labute approximate surface area is 129 Å². The molecule has 1 heterocycles. The highest BCUT2D eigenvalue weighted by Crippen LogP contribution is 2.34. The van der Waals surface area contributed by atoms with Crippen LogP contribution >= 0.6 is 0 Å². The molecule has 4 nitrogen and oxygen atoms in total. The van der Waals surface area contributed by atoms with Crippen molar-refractivity contribution in [2.45, 2.75) is 12.7 Å². The van der Waals surface area contributed by atoms with Crippen molar-refractivity contribution in [2.24, 2.45) is 0 Å². The van der Waals surface area contributed by atoms with Crippen molar-refractivity contribution in [3.8, 4) is 5.75 Å². The summed E-state index contributed by atoms with van der Waals surface area (Å²) in [5.41, 5.74) is 0.544. The number of oxazole rings is 1. The Balaban J connectivity index is 1.84. The molecule has 7 heteroatoms. The number of fused-ring (bicyclic) bond motifs is 1. The molecule has 3 rings (SSSR count). The molecule has 0 unspecified atom stereocenters. The molecule has 0 aliphatic heterocycles. The Bertz CT molecular complexity index is 795. The van der Waals surface area contributed by atoms with E-state index in [1.54, 1.807) is 24.3 Å². The Kier molecular flexibility index (Phi) is 3.85. The van der Waals surface area contributed by atoms with Crippen LogP contribution in [0.5, 0.6) is 5.75 Å². The maximum absolute atomic E-state index is 13.1. The second-order valence-corrected chi connectivity index (χ2v) is 4.86. The van der Waals surface area contributed by atoms with Gasteiger partial charge in [0.2, 0.25) is 0 Å². The largest absolute Gasteiger partial charge is 0.497 e. The van der Waals surface area contributed by atoms with E-state index >= 15 is 0 Å². The Morgan fingerprint density at radius 3 is 2.65 bits per heavy atom. The molecular formula is C16H13F3N2O2. The van der Waals surface area contributed by atoms with Crippen LogP contribution in [0, 0.1) is 0 Å². The molecule has 0 spiro atoms. The van der Waals surface area contributed by atoms with Crippen LogP contribution < -0.4 is 10.1 Å². The van der Waals surface area contributed by atoms with E-state index in [4.69, 9.17) is 9.15 Å². The van der Waals surface area contributed by atoms with Gasteiger partial charge in [-0.25, -0.2) is 0 Å². The number of alkyl halides is 3. The monoisotopic (exact) mass is 322 g/mol. The van der Waals surface area contributed by atoms with Crippen molar-refractivity contribution >= 4 is 17.1 Å². The third kappa shape index (κ3) is 3.23. The number of nitrogens with one attached hydrogen (secondary N) is 1. The van der Waals surface area contributed by atoms with E-state index in [0.29, 0.717) is 11.1 Å². The number of benzene rings is 2. The number of nitrogens with zero attached hydrogens (tertiary/aromatic N) is 1. The molecule has 0 saturated heterocycles. The lowest BCUT2D eigenvalue weighted by Crippen LogP contribution is -2.12. The minimum absolute atomic E-state index is 0.0638. The van der Waals surface area contributed by atoms with Crippen molar-refractivity contribution in [1.82, 2.24) is 4.98 Å². The third-order valence-electron chi connectivity index (χ3n) is 3.35. The maximum Gasteiger partial charge on any atom is 0.416 e. The van der Waals surface area contributed by atoms with E-state index in [1.807, 2.05) is 0 Å². The van der Waals surface area contributed by atoms with E-state index < -0.39 is 11.7 Å². The average molecular weight is 322 g/mol. The first kappa shape index (κ1) is 15.2. The number of hydrogen-bond donors (Lipinski definition) is 1. The highest BCUT2D eigenvalue weighted by atomic mass is 19.4. The molecule has 0 amide bonds. The summed E-state index contributed by atoms with van der Waals surface area (Å²) in [5.74, 6) is 0.155. The highest BCUT2D eigenvalue weighted by molar-refractivity contribution is 5.74. The molecule has 0 atom stereocenters. The fourth-order valence-electron chi connectivity index (χ4n) is 2.22. The highest BCUT2D eigenvalue weighted by Gasteiger charge is 2.33. The maximum atomic E-state index is 13.1. The lowest BCUT2D eigenvalue weighted by atomic mass is 10.1. The van der Waals surface area contributed by atoms with Gasteiger partial charge in [0.05, 0.1) is 12.7 Å². The van der Waals surface area contributed by atoms with E-state index in [-0.39, 0.29) is 23.9 Å². The quantitative estimate of drug-likeness (QED) is 0.770. The molecule has 0 bridgehead atoms. The van der Waals surface area contributed by atoms with Crippen molar-refractivity contribution in [1.29, 1.82) is 0 Å². The van der Waals surface area contributed by atoms with Gasteiger partial charge < -0.3 is 14.5 Å². The fourth-order valence-corrected chi connectivity index (χ4v) is 2.22. The van der Waals surface area contributed by atoms with Crippen molar-refractivity contribution in [3.63, 3.8) is 0 Å². The summed E-state index contributed by atoms with van der Waals surface area (Å²) < 4.78 is 49.7. The zero-order valence-corrected chi connectivity index (χ0v) is 12.1. The summed E-state index contributed by atoms with van der Waals surface area (Å²) in [6, 6.07) is 11.1. The molecule has 0 saturated carbocycles. The van der Waals surface area contributed by atoms with Gasteiger partial charge in [-0.05, 0) is 29.8 Å². The average Bonchev–Trinajstić information content (AvgIpc) is 2.94. The summed E-state index contributed by atoms with van der Waals surface area (Å²) in [7, 11) is 1.33. The Morgan fingerprint density at radius 1 is 1.17 bits per heavy atom. The van der Waals surface area contributed by atoms with Crippen molar-refractivity contribution in [3.05, 3.63) is 53.6 Å². The second kappa shape index (κ2) is 5.83. The van der Waals surface area contributed by atoms with Crippen LogP contribution in [-0.4, -0.2) is 12.1 Å². The van der Waals surface area contributed by atoms with Gasteiger partial charge in [0.1, 0.15) is 11.3 Å². The standard InChI is InChI=1S/C16H13F3N2O2/c1-22-11-7-6-10(12(8-11)16(17,18)19)9-20-15-21-13-4-2-3-5-14(13)23-15/h2-8H,9H2,1H3,(H,20,21). The van der Waals surface area contributed by atoms with Gasteiger partial charge in [-0.15, -0.1) is 0 Å². The number of halogens is 3. The first-order valence-corrected chi connectivity index (χ1v) is 6.81. The van der Waals surface area contributed by atoms with Crippen molar-refractivity contribution < 1.29 is 22.3 Å². The molecule has 3 aromatic rings. The molecule has 0 radical (unpaired) electrons. The molecule has 2 aromatic carbocycles. The van der Waals surface area contributed by atoms with Crippen LogP contribution in [0.15, 0.2) is 46.9 Å². The number of anilines is 1. The van der Waals surface area contributed by atoms with Gasteiger partial charge in [0.15, 0.2) is 5.58 Å². The number of methoxy groups -OCH3 is 1. The molecule has 23 heavy (non-hydrogen) atoms. The number of rotatable bonds is 4. The van der Waals surface area contributed by atoms with Crippen LogP contribution in [0.4, 0.5) is 19.2 Å². The van der Waals surface area contributed by atoms with E-state index in [2.05, 4.69) is 10.3 Å². The van der Waals surface area contributed by atoms with Crippen LogP contribution in [-0.2, 0) is 12.7 Å². The van der Waals surface area contributed by atoms with Crippen LogP contribution in [0.25, 0.3) is 11.1 Å². The SMILES string of the molecule is COc1ccc(CNc2nc3ccccc3o2)c(C(F)(F)F)c1. The minimum Gasteiger partial charge on any atom is -0.497 e. The second-order valence-electron chi connectivity index (χ2n) is 4.86. The Hall–Kier alpha value is -2.70.